The van der Waals surface area contributed by atoms with Gasteiger partial charge in [-0.2, -0.15) is 0 Å². The van der Waals surface area contributed by atoms with Crippen LogP contribution in [0.4, 0.5) is 0 Å². The number of ether oxygens (including phenoxy) is 2. The lowest BCUT2D eigenvalue weighted by Gasteiger charge is -2.16. The highest BCUT2D eigenvalue weighted by atomic mass is 16.7. The molecule has 0 aliphatic rings. The Kier molecular flexibility index (Phi) is 7.54. The third kappa shape index (κ3) is 6.36. The van der Waals surface area contributed by atoms with Gasteiger partial charge in [-0.1, -0.05) is 0 Å². The molecule has 0 fully saturated rings. The lowest BCUT2D eigenvalue weighted by molar-refractivity contribution is -0.138. The number of hydrogen-bond donors (Lipinski definition) is 1. The van der Waals surface area contributed by atoms with E-state index in [1.54, 1.807) is 12.4 Å². The number of pyridine rings is 1. The van der Waals surface area contributed by atoms with Crippen molar-refractivity contribution in [1.82, 2.24) is 10.3 Å². The predicted molar refractivity (Wildman–Crippen MR) is 67.6 cm³/mol. The second kappa shape index (κ2) is 9.10. The normalized spacial score (nSPS) is 11.0. The molecule has 0 aliphatic heterocycles. The molecular formula is C13H22N2O2. The van der Waals surface area contributed by atoms with E-state index in [2.05, 4.69) is 10.3 Å². The van der Waals surface area contributed by atoms with Crippen LogP contribution in [-0.4, -0.2) is 31.0 Å². The van der Waals surface area contributed by atoms with Crippen LogP contribution in [0.1, 0.15) is 25.8 Å². The van der Waals surface area contributed by atoms with Crippen LogP contribution >= 0.6 is 0 Å². The van der Waals surface area contributed by atoms with E-state index in [0.29, 0.717) is 13.2 Å². The first-order valence-electron chi connectivity index (χ1n) is 6.19. The zero-order valence-electron chi connectivity index (χ0n) is 10.7. The molecule has 0 radical (unpaired) electrons. The molecule has 0 unspecified atom stereocenters. The van der Waals surface area contributed by atoms with Crippen molar-refractivity contribution in [2.75, 3.05) is 19.8 Å². The number of hydrogen-bond acceptors (Lipinski definition) is 4. The van der Waals surface area contributed by atoms with Gasteiger partial charge in [0.15, 0.2) is 6.29 Å². The van der Waals surface area contributed by atoms with Crippen molar-refractivity contribution in [3.8, 4) is 0 Å². The standard InChI is InChI=1S/C13H22N2O2/c1-3-16-13(17-4-2)7-10-15-11-12-5-8-14-9-6-12/h5-6,8-9,13,15H,3-4,7,10-11H2,1-2H3. The van der Waals surface area contributed by atoms with Gasteiger partial charge in [0.05, 0.1) is 0 Å². The molecule has 4 heteroatoms. The zero-order valence-corrected chi connectivity index (χ0v) is 10.7. The third-order valence-corrected chi connectivity index (χ3v) is 2.34. The summed E-state index contributed by atoms with van der Waals surface area (Å²) >= 11 is 0. The molecule has 0 atom stereocenters. The summed E-state index contributed by atoms with van der Waals surface area (Å²) in [6.07, 6.45) is 4.39. The minimum atomic E-state index is -0.0880. The highest BCUT2D eigenvalue weighted by Crippen LogP contribution is 2.01. The summed E-state index contributed by atoms with van der Waals surface area (Å²) in [6, 6.07) is 4.02. The molecule has 0 aliphatic carbocycles. The first-order chi connectivity index (χ1) is 8.36. The van der Waals surface area contributed by atoms with Gasteiger partial charge in [-0.3, -0.25) is 4.98 Å². The molecule has 96 valence electrons. The lowest BCUT2D eigenvalue weighted by Crippen LogP contribution is -2.24. The fraction of sp³-hybridized carbons (Fsp3) is 0.615. The van der Waals surface area contributed by atoms with Crippen molar-refractivity contribution in [3.05, 3.63) is 30.1 Å². The average molecular weight is 238 g/mol. The molecule has 1 rings (SSSR count). The maximum absolute atomic E-state index is 5.46. The molecule has 0 saturated carbocycles. The van der Waals surface area contributed by atoms with Gasteiger partial charge in [0, 0.05) is 45.1 Å². The van der Waals surface area contributed by atoms with Crippen LogP contribution in [0.15, 0.2) is 24.5 Å². The SMILES string of the molecule is CCOC(CCNCc1ccncc1)OCC. The Hall–Kier alpha value is -0.970. The molecule has 1 aromatic rings. The molecule has 0 amide bonds. The first kappa shape index (κ1) is 14.1. The summed E-state index contributed by atoms with van der Waals surface area (Å²) in [7, 11) is 0. The van der Waals surface area contributed by atoms with Gasteiger partial charge in [0.2, 0.25) is 0 Å². The molecule has 0 aromatic carbocycles. The zero-order chi connectivity index (χ0) is 12.3. The minimum absolute atomic E-state index is 0.0880. The maximum atomic E-state index is 5.46. The minimum Gasteiger partial charge on any atom is -0.353 e. The number of nitrogens with one attached hydrogen (secondary N) is 1. The van der Waals surface area contributed by atoms with Crippen molar-refractivity contribution < 1.29 is 9.47 Å². The van der Waals surface area contributed by atoms with Crippen LogP contribution in [-0.2, 0) is 16.0 Å². The van der Waals surface area contributed by atoms with Crippen LogP contribution in [0.5, 0.6) is 0 Å². The van der Waals surface area contributed by atoms with Gasteiger partial charge in [-0.15, -0.1) is 0 Å². The van der Waals surface area contributed by atoms with Gasteiger partial charge < -0.3 is 14.8 Å². The number of aromatic nitrogens is 1. The van der Waals surface area contributed by atoms with Crippen molar-refractivity contribution in [2.24, 2.45) is 0 Å². The van der Waals surface area contributed by atoms with Crippen molar-refractivity contribution in [2.45, 2.75) is 33.1 Å². The average Bonchev–Trinajstić information content (AvgIpc) is 2.36. The van der Waals surface area contributed by atoms with Gasteiger partial charge in [0.25, 0.3) is 0 Å². The van der Waals surface area contributed by atoms with Gasteiger partial charge in [-0.05, 0) is 31.5 Å². The molecule has 1 N–H and O–H groups in total. The topological polar surface area (TPSA) is 43.4 Å². The van der Waals surface area contributed by atoms with E-state index in [4.69, 9.17) is 9.47 Å². The van der Waals surface area contributed by atoms with Crippen molar-refractivity contribution in [3.63, 3.8) is 0 Å². The highest BCUT2D eigenvalue weighted by molar-refractivity contribution is 5.08. The van der Waals surface area contributed by atoms with E-state index in [9.17, 15) is 0 Å². The Balaban J connectivity index is 2.13. The van der Waals surface area contributed by atoms with Crippen molar-refractivity contribution >= 4 is 0 Å². The maximum Gasteiger partial charge on any atom is 0.158 e. The number of nitrogens with zero attached hydrogens (tertiary/aromatic N) is 1. The third-order valence-electron chi connectivity index (χ3n) is 2.34. The predicted octanol–water partition coefficient (Wildman–Crippen LogP) is 1.96. The Bertz CT molecular complexity index is 274. The summed E-state index contributed by atoms with van der Waals surface area (Å²) in [6.45, 7) is 7.08. The summed E-state index contributed by atoms with van der Waals surface area (Å²) in [5.74, 6) is 0. The van der Waals surface area contributed by atoms with Crippen LogP contribution in [0.25, 0.3) is 0 Å². The fourth-order valence-corrected chi connectivity index (χ4v) is 1.54. The molecular weight excluding hydrogens is 216 g/mol. The molecule has 1 heterocycles. The van der Waals surface area contributed by atoms with E-state index < -0.39 is 0 Å². The lowest BCUT2D eigenvalue weighted by atomic mass is 10.2. The van der Waals surface area contributed by atoms with Crippen LogP contribution < -0.4 is 5.32 Å². The smallest absolute Gasteiger partial charge is 0.158 e. The van der Waals surface area contributed by atoms with Crippen molar-refractivity contribution in [1.29, 1.82) is 0 Å². The second-order valence-electron chi connectivity index (χ2n) is 3.66. The van der Waals surface area contributed by atoms with E-state index in [1.807, 2.05) is 26.0 Å². The van der Waals surface area contributed by atoms with E-state index in [1.165, 1.54) is 5.56 Å². The van der Waals surface area contributed by atoms with Crippen LogP contribution in [0, 0.1) is 0 Å². The monoisotopic (exact) mass is 238 g/mol. The Morgan fingerprint density at radius 2 is 1.82 bits per heavy atom. The molecule has 4 nitrogen and oxygen atoms in total. The van der Waals surface area contributed by atoms with Gasteiger partial charge >= 0.3 is 0 Å². The van der Waals surface area contributed by atoms with E-state index in [-0.39, 0.29) is 6.29 Å². The van der Waals surface area contributed by atoms with E-state index in [0.717, 1.165) is 19.5 Å². The highest BCUT2D eigenvalue weighted by Gasteiger charge is 2.06. The molecule has 1 aromatic heterocycles. The molecule has 17 heavy (non-hydrogen) atoms. The summed E-state index contributed by atoms with van der Waals surface area (Å²) < 4.78 is 10.9. The molecule has 0 spiro atoms. The quantitative estimate of drug-likeness (QED) is 0.527. The van der Waals surface area contributed by atoms with Crippen LogP contribution in [0.3, 0.4) is 0 Å². The largest absolute Gasteiger partial charge is 0.353 e. The Morgan fingerprint density at radius 3 is 2.41 bits per heavy atom. The molecule has 0 bridgehead atoms. The van der Waals surface area contributed by atoms with Gasteiger partial charge in [0.1, 0.15) is 0 Å². The Morgan fingerprint density at radius 1 is 1.18 bits per heavy atom. The Labute approximate surface area is 103 Å². The fourth-order valence-electron chi connectivity index (χ4n) is 1.54. The van der Waals surface area contributed by atoms with Crippen LogP contribution in [0.2, 0.25) is 0 Å². The number of rotatable bonds is 9. The first-order valence-corrected chi connectivity index (χ1v) is 6.19. The second-order valence-corrected chi connectivity index (χ2v) is 3.66. The molecule has 0 saturated heterocycles. The van der Waals surface area contributed by atoms with Gasteiger partial charge in [-0.25, -0.2) is 0 Å². The summed E-state index contributed by atoms with van der Waals surface area (Å²) in [4.78, 5) is 3.98. The summed E-state index contributed by atoms with van der Waals surface area (Å²) in [5, 5.41) is 3.36. The summed E-state index contributed by atoms with van der Waals surface area (Å²) in [5.41, 5.74) is 1.24. The van der Waals surface area contributed by atoms with E-state index >= 15 is 0 Å².